The lowest BCUT2D eigenvalue weighted by Gasteiger charge is -2.25. The van der Waals surface area contributed by atoms with E-state index in [4.69, 9.17) is 5.73 Å². The molecule has 1 aromatic carbocycles. The molecule has 28 heavy (non-hydrogen) atoms. The third kappa shape index (κ3) is 3.63. The van der Waals surface area contributed by atoms with Gasteiger partial charge in [-0.3, -0.25) is 0 Å². The van der Waals surface area contributed by atoms with Gasteiger partial charge in [-0.15, -0.1) is 0 Å². The fourth-order valence-electron chi connectivity index (χ4n) is 3.21. The minimum atomic E-state index is -1.12. The standard InChI is InChI=1S/C20H18F3N3O2/c1-11-9-13(21)6-7-14(11)18-12(10-27)5-8-17(25-18)26(20(24)28)19-15(22)3-2-4-16(19)23/h2-6,8-9,14,27H,7,10H2,1H3,(H2,24,28). The van der Waals surface area contributed by atoms with E-state index >= 15 is 0 Å². The summed E-state index contributed by atoms with van der Waals surface area (Å²) >= 11 is 0. The average molecular weight is 389 g/mol. The molecule has 2 amide bonds. The van der Waals surface area contributed by atoms with Crippen molar-refractivity contribution < 1.29 is 23.1 Å². The second kappa shape index (κ2) is 7.85. The van der Waals surface area contributed by atoms with Crippen molar-refractivity contribution in [2.75, 3.05) is 4.90 Å². The molecule has 1 unspecified atom stereocenters. The molecule has 1 heterocycles. The molecule has 1 aliphatic carbocycles. The van der Waals surface area contributed by atoms with Gasteiger partial charge in [0.2, 0.25) is 0 Å². The van der Waals surface area contributed by atoms with E-state index in [1.54, 1.807) is 6.92 Å². The number of hydrogen-bond acceptors (Lipinski definition) is 3. The maximum atomic E-state index is 14.2. The van der Waals surface area contributed by atoms with Gasteiger partial charge in [0.15, 0.2) is 0 Å². The quantitative estimate of drug-likeness (QED) is 0.816. The zero-order valence-corrected chi connectivity index (χ0v) is 15.0. The Balaban J connectivity index is 2.14. The average Bonchev–Trinajstić information content (AvgIpc) is 2.64. The predicted molar refractivity (Wildman–Crippen MR) is 98.5 cm³/mol. The van der Waals surface area contributed by atoms with Gasteiger partial charge in [-0.05, 0) is 49.3 Å². The van der Waals surface area contributed by atoms with Gasteiger partial charge < -0.3 is 10.8 Å². The van der Waals surface area contributed by atoms with Gasteiger partial charge in [0, 0.05) is 5.92 Å². The highest BCUT2D eigenvalue weighted by atomic mass is 19.1. The molecule has 1 aromatic heterocycles. The van der Waals surface area contributed by atoms with Crippen LogP contribution < -0.4 is 10.6 Å². The van der Waals surface area contributed by atoms with E-state index in [2.05, 4.69) is 4.98 Å². The molecule has 1 aliphatic rings. The number of aliphatic hydroxyl groups excluding tert-OH is 1. The molecule has 0 fully saturated rings. The number of amides is 2. The zero-order valence-electron chi connectivity index (χ0n) is 15.0. The highest BCUT2D eigenvalue weighted by Gasteiger charge is 2.27. The fraction of sp³-hybridized carbons (Fsp3) is 0.200. The van der Waals surface area contributed by atoms with Crippen LogP contribution in [0.3, 0.4) is 0 Å². The number of pyridine rings is 1. The summed E-state index contributed by atoms with van der Waals surface area (Å²) in [7, 11) is 0. The Kier molecular flexibility index (Phi) is 5.51. The Labute approximate surface area is 159 Å². The maximum absolute atomic E-state index is 14.2. The molecule has 8 heteroatoms. The Morgan fingerprint density at radius 3 is 2.50 bits per heavy atom. The summed E-state index contributed by atoms with van der Waals surface area (Å²) in [5, 5.41) is 9.66. The van der Waals surface area contributed by atoms with Gasteiger partial charge in [0.1, 0.15) is 29.0 Å². The molecule has 3 rings (SSSR count). The SMILES string of the molecule is CC1=CC(F)=CCC1c1nc(N(C(N)=O)c2c(F)cccc2F)ccc1CO. The molecule has 1 atom stereocenters. The molecule has 0 radical (unpaired) electrons. The van der Waals surface area contributed by atoms with Gasteiger partial charge in [0.25, 0.3) is 0 Å². The lowest BCUT2D eigenvalue weighted by molar-refractivity contribution is 0.255. The van der Waals surface area contributed by atoms with Crippen molar-refractivity contribution in [3.8, 4) is 0 Å². The second-order valence-electron chi connectivity index (χ2n) is 6.38. The van der Waals surface area contributed by atoms with E-state index in [0.717, 1.165) is 18.2 Å². The van der Waals surface area contributed by atoms with Crippen molar-refractivity contribution in [1.29, 1.82) is 0 Å². The van der Waals surface area contributed by atoms with Crippen LogP contribution in [0.2, 0.25) is 0 Å². The van der Waals surface area contributed by atoms with Crippen molar-refractivity contribution in [1.82, 2.24) is 4.98 Å². The normalized spacial score (nSPS) is 16.4. The molecule has 0 aliphatic heterocycles. The third-order valence-corrected chi connectivity index (χ3v) is 4.57. The number of allylic oxidation sites excluding steroid dienone is 4. The van der Waals surface area contributed by atoms with Gasteiger partial charge in [0.05, 0.1) is 12.3 Å². The number of carbonyl (C=O) groups excluding carboxylic acids is 1. The monoisotopic (exact) mass is 389 g/mol. The van der Waals surface area contributed by atoms with Crippen LogP contribution in [0.5, 0.6) is 0 Å². The van der Waals surface area contributed by atoms with E-state index in [-0.39, 0.29) is 24.2 Å². The number of nitrogens with zero attached hydrogens (tertiary/aromatic N) is 2. The largest absolute Gasteiger partial charge is 0.392 e. The van der Waals surface area contributed by atoms with Crippen molar-refractivity contribution in [2.45, 2.75) is 25.9 Å². The van der Waals surface area contributed by atoms with Crippen molar-refractivity contribution in [3.63, 3.8) is 0 Å². The van der Waals surface area contributed by atoms with Gasteiger partial charge in [-0.25, -0.2) is 27.8 Å². The summed E-state index contributed by atoms with van der Waals surface area (Å²) in [4.78, 5) is 17.0. The van der Waals surface area contributed by atoms with Crippen LogP contribution in [0.1, 0.15) is 30.5 Å². The Bertz CT molecular complexity index is 968. The second-order valence-corrected chi connectivity index (χ2v) is 6.38. The van der Waals surface area contributed by atoms with Crippen molar-refractivity contribution >= 4 is 17.5 Å². The predicted octanol–water partition coefficient (Wildman–Crippen LogP) is 4.36. The number of anilines is 2. The van der Waals surface area contributed by atoms with E-state index < -0.39 is 23.4 Å². The highest BCUT2D eigenvalue weighted by Crippen LogP contribution is 2.36. The Morgan fingerprint density at radius 1 is 1.25 bits per heavy atom. The van der Waals surface area contributed by atoms with Crippen LogP contribution in [0, 0.1) is 11.6 Å². The molecule has 2 aromatic rings. The summed E-state index contributed by atoms with van der Waals surface area (Å²) in [6.07, 6.45) is 3.03. The van der Waals surface area contributed by atoms with Crippen LogP contribution in [0.4, 0.5) is 29.5 Å². The Hall–Kier alpha value is -3.13. The first-order valence-corrected chi connectivity index (χ1v) is 8.51. The van der Waals surface area contributed by atoms with E-state index in [9.17, 15) is 23.1 Å². The molecule has 146 valence electrons. The van der Waals surface area contributed by atoms with Crippen LogP contribution in [0.25, 0.3) is 0 Å². The summed E-state index contributed by atoms with van der Waals surface area (Å²) in [5.41, 5.74) is 6.23. The molecule has 0 spiro atoms. The van der Waals surface area contributed by atoms with Crippen molar-refractivity contribution in [3.05, 3.63) is 76.8 Å². The lowest BCUT2D eigenvalue weighted by Crippen LogP contribution is -2.34. The third-order valence-electron chi connectivity index (χ3n) is 4.57. The first-order chi connectivity index (χ1) is 13.3. The number of rotatable bonds is 4. The number of halogens is 3. The van der Waals surface area contributed by atoms with Gasteiger partial charge in [-0.1, -0.05) is 17.7 Å². The van der Waals surface area contributed by atoms with Gasteiger partial charge >= 0.3 is 6.03 Å². The number of aliphatic hydroxyl groups is 1. The summed E-state index contributed by atoms with van der Waals surface area (Å²) in [6.45, 7) is 1.37. The molecule has 0 saturated heterocycles. The van der Waals surface area contributed by atoms with E-state index in [1.807, 2.05) is 0 Å². The van der Waals surface area contributed by atoms with E-state index in [0.29, 0.717) is 28.2 Å². The molecular formula is C20H18F3N3O2. The zero-order chi connectivity index (χ0) is 20.4. The minimum Gasteiger partial charge on any atom is -0.392 e. The van der Waals surface area contributed by atoms with Crippen LogP contribution in [-0.4, -0.2) is 16.1 Å². The summed E-state index contributed by atoms with van der Waals surface area (Å²) < 4.78 is 42.0. The number of carbonyl (C=O) groups is 1. The molecule has 5 nitrogen and oxygen atoms in total. The number of aromatic nitrogens is 1. The fourth-order valence-corrected chi connectivity index (χ4v) is 3.21. The number of hydrogen-bond donors (Lipinski definition) is 2. The number of benzene rings is 1. The number of urea groups is 1. The van der Waals surface area contributed by atoms with Crippen LogP contribution >= 0.6 is 0 Å². The Morgan fingerprint density at radius 2 is 1.93 bits per heavy atom. The molecular weight excluding hydrogens is 371 g/mol. The molecule has 0 saturated carbocycles. The first kappa shape index (κ1) is 19.6. The van der Waals surface area contributed by atoms with Crippen LogP contribution in [0.15, 0.2) is 53.9 Å². The summed E-state index contributed by atoms with van der Waals surface area (Å²) in [6, 6.07) is 4.87. The van der Waals surface area contributed by atoms with Gasteiger partial charge in [-0.2, -0.15) is 0 Å². The number of primary amides is 1. The molecule has 3 N–H and O–H groups in total. The van der Waals surface area contributed by atoms with E-state index in [1.165, 1.54) is 24.3 Å². The number of nitrogens with two attached hydrogens (primary N) is 1. The van der Waals surface area contributed by atoms with Crippen molar-refractivity contribution in [2.24, 2.45) is 5.73 Å². The topological polar surface area (TPSA) is 79.5 Å². The molecule has 0 bridgehead atoms. The lowest BCUT2D eigenvalue weighted by atomic mass is 9.87. The van der Waals surface area contributed by atoms with Crippen LogP contribution in [-0.2, 0) is 6.61 Å². The smallest absolute Gasteiger partial charge is 0.325 e. The maximum Gasteiger partial charge on any atom is 0.325 e. The number of para-hydroxylation sites is 1. The first-order valence-electron chi connectivity index (χ1n) is 8.51. The minimum absolute atomic E-state index is 0.105. The highest BCUT2D eigenvalue weighted by molar-refractivity contribution is 5.97. The summed E-state index contributed by atoms with van der Waals surface area (Å²) in [5.74, 6) is -2.80.